The van der Waals surface area contributed by atoms with Crippen LogP contribution in [0.4, 0.5) is 0 Å². The second-order valence-corrected chi connectivity index (χ2v) is 5.26. The first-order valence-corrected chi connectivity index (χ1v) is 6.32. The third-order valence-corrected chi connectivity index (χ3v) is 3.11. The normalized spacial score (nSPS) is 13.6. The zero-order valence-electron chi connectivity index (χ0n) is 12.4. The molecule has 0 saturated heterocycles. The lowest BCUT2D eigenvalue weighted by atomic mass is 10.0. The first kappa shape index (κ1) is 16.8. The van der Waals surface area contributed by atoms with E-state index in [2.05, 4.69) is 10.4 Å². The molecule has 0 aliphatic carbocycles. The van der Waals surface area contributed by atoms with Crippen molar-refractivity contribution in [3.05, 3.63) is 27.2 Å². The third kappa shape index (κ3) is 4.12. The van der Waals surface area contributed by atoms with E-state index in [0.29, 0.717) is 11.3 Å². The molecule has 0 saturated carbocycles. The second-order valence-electron chi connectivity index (χ2n) is 5.26. The molecule has 1 unspecified atom stereocenters. The Morgan fingerprint density at radius 2 is 1.95 bits per heavy atom. The van der Waals surface area contributed by atoms with Crippen LogP contribution >= 0.6 is 0 Å². The number of aryl methyl sites for hydroxylation is 2. The van der Waals surface area contributed by atoms with Crippen LogP contribution in [0.2, 0.25) is 0 Å². The van der Waals surface area contributed by atoms with Crippen LogP contribution in [0.3, 0.4) is 0 Å². The fourth-order valence-corrected chi connectivity index (χ4v) is 1.86. The highest BCUT2D eigenvalue weighted by Crippen LogP contribution is 2.09. The molecule has 3 N–H and O–H groups in total. The zero-order chi connectivity index (χ0) is 16.4. The van der Waals surface area contributed by atoms with Gasteiger partial charge in [-0.1, -0.05) is 0 Å². The standard InChI is InChI=1S/C13H19N3O5/c1-7-8(2)15-16(4)12(20)10(7)11(19)14-6-13(3,21)5-9(17)18/h21H,5-6H2,1-4H3,(H,14,19)(H,17,18). The number of hydrogen-bond donors (Lipinski definition) is 3. The minimum Gasteiger partial charge on any atom is -0.481 e. The molecule has 0 radical (unpaired) electrons. The van der Waals surface area contributed by atoms with Crippen LogP contribution in [0.1, 0.15) is 35.0 Å². The summed E-state index contributed by atoms with van der Waals surface area (Å²) in [6.07, 6.45) is -0.514. The summed E-state index contributed by atoms with van der Waals surface area (Å²) < 4.78 is 1.06. The lowest BCUT2D eigenvalue weighted by molar-refractivity contribution is -0.141. The summed E-state index contributed by atoms with van der Waals surface area (Å²) in [5, 5.41) is 24.8. The summed E-state index contributed by atoms with van der Waals surface area (Å²) in [6, 6.07) is 0. The monoisotopic (exact) mass is 297 g/mol. The number of amides is 1. The predicted molar refractivity (Wildman–Crippen MR) is 74.2 cm³/mol. The van der Waals surface area contributed by atoms with Crippen molar-refractivity contribution in [3.8, 4) is 0 Å². The first-order valence-electron chi connectivity index (χ1n) is 6.32. The van der Waals surface area contributed by atoms with Crippen molar-refractivity contribution < 1.29 is 19.8 Å². The molecule has 21 heavy (non-hydrogen) atoms. The molecule has 1 amide bonds. The average molecular weight is 297 g/mol. The minimum atomic E-state index is -1.59. The van der Waals surface area contributed by atoms with Crippen molar-refractivity contribution in [2.75, 3.05) is 6.54 Å². The second kappa shape index (κ2) is 6.04. The molecule has 8 nitrogen and oxygen atoms in total. The van der Waals surface area contributed by atoms with E-state index in [4.69, 9.17) is 5.11 Å². The average Bonchev–Trinajstić information content (AvgIpc) is 2.33. The van der Waals surface area contributed by atoms with E-state index in [1.54, 1.807) is 13.8 Å². The third-order valence-electron chi connectivity index (χ3n) is 3.11. The molecular formula is C13H19N3O5. The Kier molecular flexibility index (Phi) is 4.84. The van der Waals surface area contributed by atoms with Crippen molar-refractivity contribution in [2.45, 2.75) is 32.8 Å². The number of rotatable bonds is 5. The summed E-state index contributed by atoms with van der Waals surface area (Å²) in [5.74, 6) is -1.84. The number of carboxylic acid groups (broad SMARTS) is 1. The number of carbonyl (C=O) groups excluding carboxylic acids is 1. The highest BCUT2D eigenvalue weighted by molar-refractivity contribution is 5.95. The van der Waals surface area contributed by atoms with Gasteiger partial charge >= 0.3 is 5.97 Å². The maximum atomic E-state index is 12.1. The van der Waals surface area contributed by atoms with Crippen LogP contribution in [0.5, 0.6) is 0 Å². The van der Waals surface area contributed by atoms with Crippen molar-refractivity contribution in [2.24, 2.45) is 7.05 Å². The summed E-state index contributed by atoms with van der Waals surface area (Å²) in [7, 11) is 1.44. The number of aliphatic carboxylic acids is 1. The summed E-state index contributed by atoms with van der Waals surface area (Å²) in [6.45, 7) is 4.30. The molecule has 116 valence electrons. The minimum absolute atomic E-state index is 0.0591. The van der Waals surface area contributed by atoms with Crippen LogP contribution in [-0.2, 0) is 11.8 Å². The van der Waals surface area contributed by atoms with E-state index in [0.717, 1.165) is 4.68 Å². The molecule has 0 aromatic carbocycles. The van der Waals surface area contributed by atoms with E-state index in [-0.39, 0.29) is 12.1 Å². The molecule has 0 bridgehead atoms. The maximum Gasteiger partial charge on any atom is 0.306 e. The molecule has 1 heterocycles. The topological polar surface area (TPSA) is 122 Å². The van der Waals surface area contributed by atoms with Gasteiger partial charge in [0.05, 0.1) is 17.7 Å². The molecule has 0 fully saturated rings. The van der Waals surface area contributed by atoms with Gasteiger partial charge in [-0.25, -0.2) is 4.68 Å². The Hall–Kier alpha value is -2.22. The molecule has 1 aromatic heterocycles. The van der Waals surface area contributed by atoms with Gasteiger partial charge in [0.2, 0.25) is 0 Å². The van der Waals surface area contributed by atoms with Gasteiger partial charge in [0.25, 0.3) is 11.5 Å². The van der Waals surface area contributed by atoms with Gasteiger partial charge in [-0.3, -0.25) is 14.4 Å². The van der Waals surface area contributed by atoms with E-state index >= 15 is 0 Å². The SMILES string of the molecule is Cc1nn(C)c(=O)c(C(=O)NCC(C)(O)CC(=O)O)c1C. The van der Waals surface area contributed by atoms with Gasteiger partial charge in [0, 0.05) is 13.6 Å². The Morgan fingerprint density at radius 3 is 2.48 bits per heavy atom. The van der Waals surface area contributed by atoms with E-state index in [1.165, 1.54) is 14.0 Å². The van der Waals surface area contributed by atoms with E-state index in [1.807, 2.05) is 0 Å². The quantitative estimate of drug-likeness (QED) is 0.664. The van der Waals surface area contributed by atoms with Crippen molar-refractivity contribution in [1.29, 1.82) is 0 Å². The largest absolute Gasteiger partial charge is 0.481 e. The van der Waals surface area contributed by atoms with Gasteiger partial charge in [0.15, 0.2) is 0 Å². The molecule has 8 heteroatoms. The maximum absolute atomic E-state index is 12.1. The zero-order valence-corrected chi connectivity index (χ0v) is 12.4. The molecule has 1 rings (SSSR count). The molecule has 0 spiro atoms. The highest BCUT2D eigenvalue weighted by Gasteiger charge is 2.26. The van der Waals surface area contributed by atoms with Crippen LogP contribution in [-0.4, -0.2) is 44.0 Å². The van der Waals surface area contributed by atoms with Crippen molar-refractivity contribution in [1.82, 2.24) is 15.1 Å². The molecular weight excluding hydrogens is 278 g/mol. The molecule has 1 aromatic rings. The van der Waals surface area contributed by atoms with Crippen LogP contribution in [0.25, 0.3) is 0 Å². The molecule has 0 aliphatic heterocycles. The summed E-state index contributed by atoms with van der Waals surface area (Å²) in [4.78, 5) is 34.7. The number of hydrogen-bond acceptors (Lipinski definition) is 5. The number of nitrogens with zero attached hydrogens (tertiary/aromatic N) is 2. The predicted octanol–water partition coefficient (Wildman–Crippen LogP) is -0.647. The van der Waals surface area contributed by atoms with Gasteiger partial charge in [-0.15, -0.1) is 0 Å². The Bertz CT molecular complexity index is 633. The van der Waals surface area contributed by atoms with Gasteiger partial charge in [-0.2, -0.15) is 5.10 Å². The number of aromatic nitrogens is 2. The molecule has 0 aliphatic rings. The lowest BCUT2D eigenvalue weighted by Gasteiger charge is -2.21. The van der Waals surface area contributed by atoms with E-state index in [9.17, 15) is 19.5 Å². The van der Waals surface area contributed by atoms with Crippen LogP contribution in [0.15, 0.2) is 4.79 Å². The van der Waals surface area contributed by atoms with E-state index < -0.39 is 29.5 Å². The number of nitrogens with one attached hydrogen (secondary N) is 1. The smallest absolute Gasteiger partial charge is 0.306 e. The van der Waals surface area contributed by atoms with Crippen LogP contribution in [0, 0.1) is 13.8 Å². The number of aliphatic hydroxyl groups is 1. The number of carboxylic acids is 1. The van der Waals surface area contributed by atoms with Crippen molar-refractivity contribution >= 4 is 11.9 Å². The fourth-order valence-electron chi connectivity index (χ4n) is 1.86. The number of carbonyl (C=O) groups is 2. The highest BCUT2D eigenvalue weighted by atomic mass is 16.4. The van der Waals surface area contributed by atoms with Gasteiger partial charge in [0.1, 0.15) is 5.56 Å². The van der Waals surface area contributed by atoms with Gasteiger partial charge in [-0.05, 0) is 26.3 Å². The Morgan fingerprint density at radius 1 is 1.38 bits per heavy atom. The Labute approximate surface area is 121 Å². The summed E-state index contributed by atoms with van der Waals surface area (Å²) in [5.41, 5.74) is -1.21. The van der Waals surface area contributed by atoms with Crippen molar-refractivity contribution in [3.63, 3.8) is 0 Å². The first-order chi connectivity index (χ1) is 9.55. The molecule has 1 atom stereocenters. The van der Waals surface area contributed by atoms with Gasteiger partial charge < -0.3 is 15.5 Å². The lowest BCUT2D eigenvalue weighted by Crippen LogP contribution is -2.44. The Balaban J connectivity index is 2.97. The fraction of sp³-hybridized carbons (Fsp3) is 0.538. The van der Waals surface area contributed by atoms with Crippen LogP contribution < -0.4 is 10.9 Å². The summed E-state index contributed by atoms with van der Waals surface area (Å²) >= 11 is 0.